The third kappa shape index (κ3) is 3.56. The van der Waals surface area contributed by atoms with Crippen molar-refractivity contribution < 1.29 is 18.6 Å². The minimum atomic E-state index is -3.09. The highest BCUT2D eigenvalue weighted by atomic mass is 31.2. The van der Waals surface area contributed by atoms with Gasteiger partial charge in [-0.3, -0.25) is 4.57 Å². The molecule has 0 aliphatic heterocycles. The number of ether oxygens (including phenoxy) is 1. The molecule has 18 heavy (non-hydrogen) atoms. The SMILES string of the molecule is C=C(CP(=O)(OC)c1ccccc1)C(=O)OCC. The quantitative estimate of drug-likeness (QED) is 0.451. The number of carbonyl (C=O) groups excluding carboxylic acids is 1. The Morgan fingerprint density at radius 1 is 1.33 bits per heavy atom. The van der Waals surface area contributed by atoms with Crippen LogP contribution in [0.15, 0.2) is 42.5 Å². The molecule has 0 aliphatic carbocycles. The molecule has 0 aromatic heterocycles. The Morgan fingerprint density at radius 2 is 1.94 bits per heavy atom. The van der Waals surface area contributed by atoms with Crippen molar-refractivity contribution in [2.45, 2.75) is 6.92 Å². The highest BCUT2D eigenvalue weighted by Crippen LogP contribution is 2.46. The van der Waals surface area contributed by atoms with Gasteiger partial charge >= 0.3 is 5.97 Å². The van der Waals surface area contributed by atoms with Gasteiger partial charge in [0.1, 0.15) is 0 Å². The predicted octanol–water partition coefficient (Wildman–Crippen LogP) is 2.36. The van der Waals surface area contributed by atoms with Crippen molar-refractivity contribution in [3.8, 4) is 0 Å². The van der Waals surface area contributed by atoms with Crippen molar-refractivity contribution in [3.63, 3.8) is 0 Å². The number of esters is 1. The van der Waals surface area contributed by atoms with Crippen LogP contribution in [-0.2, 0) is 18.6 Å². The molecule has 1 aromatic rings. The van der Waals surface area contributed by atoms with Gasteiger partial charge in [0.2, 0.25) is 7.37 Å². The molecule has 1 aromatic carbocycles. The topological polar surface area (TPSA) is 52.6 Å². The van der Waals surface area contributed by atoms with Gasteiger partial charge in [0.05, 0.1) is 12.8 Å². The first-order chi connectivity index (χ1) is 8.53. The Balaban J connectivity index is 2.88. The third-order valence-corrected chi connectivity index (χ3v) is 4.88. The third-order valence-electron chi connectivity index (χ3n) is 2.41. The fourth-order valence-corrected chi connectivity index (χ4v) is 3.25. The lowest BCUT2D eigenvalue weighted by molar-refractivity contribution is -0.138. The van der Waals surface area contributed by atoms with E-state index in [1.807, 2.05) is 6.07 Å². The summed E-state index contributed by atoms with van der Waals surface area (Å²) in [7, 11) is -1.72. The number of rotatable bonds is 6. The summed E-state index contributed by atoms with van der Waals surface area (Å²) in [5.41, 5.74) is 0.158. The molecule has 0 aliphatic rings. The van der Waals surface area contributed by atoms with Gasteiger partial charge in [-0.05, 0) is 19.1 Å². The first kappa shape index (κ1) is 14.7. The van der Waals surface area contributed by atoms with Crippen LogP contribution in [0.2, 0.25) is 0 Å². The lowest BCUT2D eigenvalue weighted by Gasteiger charge is -2.17. The average Bonchev–Trinajstić information content (AvgIpc) is 2.39. The molecule has 0 radical (unpaired) electrons. The fraction of sp³-hybridized carbons (Fsp3) is 0.308. The summed E-state index contributed by atoms with van der Waals surface area (Å²) in [6, 6.07) is 8.79. The number of benzene rings is 1. The minimum absolute atomic E-state index is 0.0354. The fourth-order valence-electron chi connectivity index (χ4n) is 1.47. The smallest absolute Gasteiger partial charge is 0.333 e. The molecule has 1 unspecified atom stereocenters. The molecule has 0 saturated heterocycles. The molecule has 0 bridgehead atoms. The van der Waals surface area contributed by atoms with Crippen LogP contribution in [-0.4, -0.2) is 25.8 Å². The van der Waals surface area contributed by atoms with Crippen molar-refractivity contribution in [2.75, 3.05) is 19.9 Å². The van der Waals surface area contributed by atoms with E-state index >= 15 is 0 Å². The molecule has 0 fully saturated rings. The van der Waals surface area contributed by atoms with E-state index in [1.54, 1.807) is 31.2 Å². The molecule has 98 valence electrons. The second-order valence-corrected chi connectivity index (χ2v) is 6.22. The molecule has 0 saturated carbocycles. The van der Waals surface area contributed by atoms with Crippen molar-refractivity contribution in [2.24, 2.45) is 0 Å². The standard InChI is InChI=1S/C13H17O4P/c1-4-17-13(14)11(2)10-18(15,16-3)12-8-6-5-7-9-12/h5-9H,2,4,10H2,1,3H3. The molecule has 0 amide bonds. The Morgan fingerprint density at radius 3 is 2.44 bits per heavy atom. The van der Waals surface area contributed by atoms with E-state index in [2.05, 4.69) is 6.58 Å². The molecule has 1 atom stereocenters. The molecular formula is C13H17O4P. The molecule has 0 heterocycles. The van der Waals surface area contributed by atoms with Gasteiger partial charge < -0.3 is 9.26 Å². The summed E-state index contributed by atoms with van der Waals surface area (Å²) >= 11 is 0. The van der Waals surface area contributed by atoms with Gasteiger partial charge in [-0.1, -0.05) is 24.8 Å². The maximum atomic E-state index is 12.6. The van der Waals surface area contributed by atoms with Gasteiger partial charge in [-0.2, -0.15) is 0 Å². The normalized spacial score (nSPS) is 13.7. The summed E-state index contributed by atoms with van der Waals surface area (Å²) in [6.07, 6.45) is -0.0354. The van der Waals surface area contributed by atoms with E-state index in [4.69, 9.17) is 9.26 Å². The van der Waals surface area contributed by atoms with Gasteiger partial charge in [-0.25, -0.2) is 4.79 Å². The highest BCUT2D eigenvalue weighted by Gasteiger charge is 2.27. The monoisotopic (exact) mass is 268 g/mol. The Bertz CT molecular complexity index is 467. The largest absolute Gasteiger partial charge is 0.463 e. The van der Waals surface area contributed by atoms with Crippen molar-refractivity contribution in [1.29, 1.82) is 0 Å². The van der Waals surface area contributed by atoms with Crippen LogP contribution in [0.5, 0.6) is 0 Å². The first-order valence-corrected chi connectivity index (χ1v) is 7.40. The Kier molecular flexibility index (Phi) is 5.32. The first-order valence-electron chi connectivity index (χ1n) is 5.59. The zero-order chi connectivity index (χ0) is 13.6. The molecule has 0 spiro atoms. The zero-order valence-electron chi connectivity index (χ0n) is 10.6. The van der Waals surface area contributed by atoms with Crippen LogP contribution in [0.1, 0.15) is 6.92 Å². The number of hydrogen-bond acceptors (Lipinski definition) is 4. The number of carbonyl (C=O) groups is 1. The molecule has 0 N–H and O–H groups in total. The summed E-state index contributed by atoms with van der Waals surface area (Å²) in [6.45, 7) is 5.58. The van der Waals surface area contributed by atoms with E-state index in [0.717, 1.165) is 0 Å². The lowest BCUT2D eigenvalue weighted by Crippen LogP contribution is -2.15. The average molecular weight is 268 g/mol. The summed E-state index contributed by atoms with van der Waals surface area (Å²) in [5, 5.41) is 0.568. The van der Waals surface area contributed by atoms with Crippen LogP contribution in [0.4, 0.5) is 0 Å². The summed E-state index contributed by atoms with van der Waals surface area (Å²) < 4.78 is 22.5. The van der Waals surface area contributed by atoms with E-state index in [0.29, 0.717) is 5.30 Å². The maximum Gasteiger partial charge on any atom is 0.333 e. The molecule has 5 heteroatoms. The minimum Gasteiger partial charge on any atom is -0.463 e. The van der Waals surface area contributed by atoms with E-state index in [9.17, 15) is 9.36 Å². The highest BCUT2D eigenvalue weighted by molar-refractivity contribution is 7.67. The number of hydrogen-bond donors (Lipinski definition) is 0. The van der Waals surface area contributed by atoms with Crippen LogP contribution in [0.25, 0.3) is 0 Å². The second-order valence-electron chi connectivity index (χ2n) is 3.67. The van der Waals surface area contributed by atoms with Gasteiger partial charge in [-0.15, -0.1) is 0 Å². The zero-order valence-corrected chi connectivity index (χ0v) is 11.5. The van der Waals surface area contributed by atoms with Crippen LogP contribution < -0.4 is 5.30 Å². The summed E-state index contributed by atoms with van der Waals surface area (Å²) in [5.74, 6) is -0.536. The van der Waals surface area contributed by atoms with Gasteiger partial charge in [0.25, 0.3) is 0 Å². The Hall–Kier alpha value is -1.38. The van der Waals surface area contributed by atoms with Crippen molar-refractivity contribution in [1.82, 2.24) is 0 Å². The molecular weight excluding hydrogens is 251 g/mol. The van der Waals surface area contributed by atoms with Crippen LogP contribution in [0.3, 0.4) is 0 Å². The van der Waals surface area contributed by atoms with Crippen LogP contribution >= 0.6 is 7.37 Å². The van der Waals surface area contributed by atoms with Gasteiger partial charge in [0, 0.05) is 18.0 Å². The maximum absolute atomic E-state index is 12.6. The molecule has 1 rings (SSSR count). The lowest BCUT2D eigenvalue weighted by atomic mass is 10.3. The van der Waals surface area contributed by atoms with Crippen molar-refractivity contribution in [3.05, 3.63) is 42.5 Å². The van der Waals surface area contributed by atoms with Crippen molar-refractivity contribution >= 4 is 18.6 Å². The van der Waals surface area contributed by atoms with Gasteiger partial charge in [0.15, 0.2) is 0 Å². The van der Waals surface area contributed by atoms with E-state index in [1.165, 1.54) is 7.11 Å². The molecule has 4 nitrogen and oxygen atoms in total. The second kappa shape index (κ2) is 6.53. The Labute approximate surface area is 107 Å². The predicted molar refractivity (Wildman–Crippen MR) is 71.3 cm³/mol. The summed E-state index contributed by atoms with van der Waals surface area (Å²) in [4.78, 5) is 11.5. The van der Waals surface area contributed by atoms with E-state index in [-0.39, 0.29) is 18.3 Å². The van der Waals surface area contributed by atoms with E-state index < -0.39 is 13.3 Å². The van der Waals surface area contributed by atoms with Crippen LogP contribution in [0, 0.1) is 0 Å².